The summed E-state index contributed by atoms with van der Waals surface area (Å²) in [6, 6.07) is 13.8. The van der Waals surface area contributed by atoms with Crippen molar-refractivity contribution in [3.63, 3.8) is 0 Å². The number of fused-ring (bicyclic) bond motifs is 4. The number of benzene rings is 2. The summed E-state index contributed by atoms with van der Waals surface area (Å²) in [5.74, 6) is -0.422. The molecular formula is C22H18FN5O. The van der Waals surface area contributed by atoms with Crippen LogP contribution in [0, 0.1) is 5.82 Å². The van der Waals surface area contributed by atoms with E-state index in [1.807, 2.05) is 38.1 Å². The largest absolute Gasteiger partial charge is 0.296 e. The van der Waals surface area contributed by atoms with Crippen molar-refractivity contribution in [2.24, 2.45) is 0 Å². The van der Waals surface area contributed by atoms with Gasteiger partial charge in [-0.15, -0.1) is 0 Å². The SMILES string of the molecule is CC[C@@H](C)n1cnc2c(c1=O)c1nc3ccccc3nc1n2-c1ccccc1F. The van der Waals surface area contributed by atoms with E-state index in [-0.39, 0.29) is 17.3 Å². The normalized spacial score (nSPS) is 12.8. The molecule has 0 spiro atoms. The first-order chi connectivity index (χ1) is 14.1. The lowest BCUT2D eigenvalue weighted by atomic mass is 10.2. The van der Waals surface area contributed by atoms with E-state index in [9.17, 15) is 9.18 Å². The highest BCUT2D eigenvalue weighted by atomic mass is 19.1. The average Bonchev–Trinajstić information content (AvgIpc) is 3.06. The van der Waals surface area contributed by atoms with Crippen LogP contribution in [0.1, 0.15) is 26.3 Å². The number of aromatic nitrogens is 5. The van der Waals surface area contributed by atoms with Gasteiger partial charge in [0, 0.05) is 6.04 Å². The highest BCUT2D eigenvalue weighted by molar-refractivity contribution is 6.05. The molecule has 29 heavy (non-hydrogen) atoms. The summed E-state index contributed by atoms with van der Waals surface area (Å²) in [5.41, 5.74) is 2.62. The standard InChI is InChI=1S/C22H18FN5O/c1-3-13(2)27-12-24-20-18(22(27)29)19-21(26-16-10-6-5-9-15(16)25-19)28(20)17-11-7-4-8-14(17)23/h4-13H,3H2,1-2H3/t13-/m1/s1. The Balaban J connectivity index is 2.02. The molecule has 0 saturated heterocycles. The van der Waals surface area contributed by atoms with Crippen molar-refractivity contribution >= 4 is 33.2 Å². The highest BCUT2D eigenvalue weighted by Gasteiger charge is 2.22. The van der Waals surface area contributed by atoms with E-state index in [1.54, 1.807) is 27.3 Å². The molecule has 2 aromatic carbocycles. The van der Waals surface area contributed by atoms with Crippen molar-refractivity contribution in [2.75, 3.05) is 0 Å². The smallest absolute Gasteiger partial charge is 0.265 e. The van der Waals surface area contributed by atoms with E-state index in [0.717, 1.165) is 6.42 Å². The number of hydrogen-bond donors (Lipinski definition) is 0. The van der Waals surface area contributed by atoms with Crippen LogP contribution in [0.15, 0.2) is 59.7 Å². The zero-order chi connectivity index (χ0) is 20.1. The molecule has 0 bridgehead atoms. The molecule has 0 unspecified atom stereocenters. The van der Waals surface area contributed by atoms with E-state index in [4.69, 9.17) is 9.97 Å². The summed E-state index contributed by atoms with van der Waals surface area (Å²) in [7, 11) is 0. The quantitative estimate of drug-likeness (QED) is 0.460. The van der Waals surface area contributed by atoms with E-state index in [0.29, 0.717) is 33.2 Å². The molecule has 1 atom stereocenters. The van der Waals surface area contributed by atoms with Crippen LogP contribution in [0.2, 0.25) is 0 Å². The number of nitrogens with zero attached hydrogens (tertiary/aromatic N) is 5. The van der Waals surface area contributed by atoms with Crippen LogP contribution < -0.4 is 5.56 Å². The molecule has 0 saturated carbocycles. The predicted molar refractivity (Wildman–Crippen MR) is 111 cm³/mol. The summed E-state index contributed by atoms with van der Waals surface area (Å²) < 4.78 is 17.9. The van der Waals surface area contributed by atoms with Gasteiger partial charge in [-0.25, -0.2) is 19.3 Å². The van der Waals surface area contributed by atoms with Crippen molar-refractivity contribution in [3.05, 3.63) is 71.0 Å². The third-order valence-electron chi connectivity index (χ3n) is 5.35. The van der Waals surface area contributed by atoms with Gasteiger partial charge in [-0.3, -0.25) is 13.9 Å². The maximum atomic E-state index is 14.7. The summed E-state index contributed by atoms with van der Waals surface area (Å²) in [4.78, 5) is 27.3. The Morgan fingerprint density at radius 3 is 2.41 bits per heavy atom. The molecule has 0 aliphatic heterocycles. The molecular weight excluding hydrogens is 369 g/mol. The molecule has 0 amide bonds. The molecule has 0 fully saturated rings. The lowest BCUT2D eigenvalue weighted by Gasteiger charge is -2.12. The summed E-state index contributed by atoms with van der Waals surface area (Å²) >= 11 is 0. The zero-order valence-electron chi connectivity index (χ0n) is 16.0. The van der Waals surface area contributed by atoms with E-state index >= 15 is 0 Å². The molecule has 3 aromatic heterocycles. The van der Waals surface area contributed by atoms with Crippen LogP contribution in [0.5, 0.6) is 0 Å². The molecule has 6 nitrogen and oxygen atoms in total. The van der Waals surface area contributed by atoms with Crippen LogP contribution in [0.25, 0.3) is 38.9 Å². The average molecular weight is 387 g/mol. The maximum absolute atomic E-state index is 14.7. The second kappa shape index (κ2) is 6.48. The van der Waals surface area contributed by atoms with Gasteiger partial charge in [-0.2, -0.15) is 0 Å². The first kappa shape index (κ1) is 17.5. The zero-order valence-corrected chi connectivity index (χ0v) is 16.0. The summed E-state index contributed by atoms with van der Waals surface area (Å²) in [5, 5.41) is 0.351. The van der Waals surface area contributed by atoms with Crippen LogP contribution in [0.3, 0.4) is 0 Å². The third-order valence-corrected chi connectivity index (χ3v) is 5.35. The minimum absolute atomic E-state index is 0.0142. The van der Waals surface area contributed by atoms with Crippen LogP contribution in [-0.2, 0) is 0 Å². The second-order valence-corrected chi connectivity index (χ2v) is 7.08. The van der Waals surface area contributed by atoms with Gasteiger partial charge in [0.25, 0.3) is 5.56 Å². The number of hydrogen-bond acceptors (Lipinski definition) is 4. The Bertz CT molecular complexity index is 1450. The first-order valence-electron chi connectivity index (χ1n) is 9.53. The monoisotopic (exact) mass is 387 g/mol. The third kappa shape index (κ3) is 2.54. The summed E-state index contributed by atoms with van der Waals surface area (Å²) in [6.45, 7) is 3.98. The molecule has 0 aliphatic rings. The topological polar surface area (TPSA) is 65.6 Å². The molecule has 144 valence electrons. The van der Waals surface area contributed by atoms with Crippen LogP contribution >= 0.6 is 0 Å². The van der Waals surface area contributed by atoms with Crippen molar-refractivity contribution in [2.45, 2.75) is 26.3 Å². The van der Waals surface area contributed by atoms with Gasteiger partial charge in [0.2, 0.25) is 0 Å². The molecule has 5 aromatic rings. The highest BCUT2D eigenvalue weighted by Crippen LogP contribution is 2.29. The molecule has 0 N–H and O–H groups in total. The molecule has 0 aliphatic carbocycles. The Hall–Kier alpha value is -3.61. The Kier molecular flexibility index (Phi) is 3.91. The fraction of sp³-hybridized carbons (Fsp3) is 0.182. The molecule has 3 heterocycles. The maximum Gasteiger partial charge on any atom is 0.265 e. The Labute approximate surface area is 165 Å². The Morgan fingerprint density at radius 2 is 1.69 bits per heavy atom. The summed E-state index contributed by atoms with van der Waals surface area (Å²) in [6.07, 6.45) is 2.31. The fourth-order valence-corrected chi connectivity index (χ4v) is 3.62. The van der Waals surface area contributed by atoms with E-state index < -0.39 is 5.82 Å². The van der Waals surface area contributed by atoms with E-state index in [2.05, 4.69) is 4.98 Å². The van der Waals surface area contributed by atoms with Crippen molar-refractivity contribution in [1.29, 1.82) is 0 Å². The van der Waals surface area contributed by atoms with Crippen LogP contribution in [-0.4, -0.2) is 24.1 Å². The predicted octanol–water partition coefficient (Wildman–Crippen LogP) is 4.39. The number of para-hydroxylation sites is 3. The van der Waals surface area contributed by atoms with E-state index in [1.165, 1.54) is 12.4 Å². The molecule has 0 radical (unpaired) electrons. The van der Waals surface area contributed by atoms with Gasteiger partial charge in [0.05, 0.1) is 16.7 Å². The van der Waals surface area contributed by atoms with Gasteiger partial charge >= 0.3 is 0 Å². The molecule has 7 heteroatoms. The number of rotatable bonds is 3. The van der Waals surface area contributed by atoms with Crippen LogP contribution in [0.4, 0.5) is 4.39 Å². The van der Waals surface area contributed by atoms with Crippen molar-refractivity contribution in [3.8, 4) is 5.69 Å². The minimum atomic E-state index is -0.422. The minimum Gasteiger partial charge on any atom is -0.296 e. The van der Waals surface area contributed by atoms with Crippen molar-refractivity contribution in [1.82, 2.24) is 24.1 Å². The lowest BCUT2D eigenvalue weighted by Crippen LogP contribution is -2.23. The van der Waals surface area contributed by atoms with Gasteiger partial charge in [-0.1, -0.05) is 31.2 Å². The lowest BCUT2D eigenvalue weighted by molar-refractivity contribution is 0.510. The Morgan fingerprint density at radius 1 is 1.00 bits per heavy atom. The van der Waals surface area contributed by atoms with Gasteiger partial charge in [0.1, 0.15) is 23.0 Å². The fourth-order valence-electron chi connectivity index (χ4n) is 3.62. The second-order valence-electron chi connectivity index (χ2n) is 7.08. The first-order valence-corrected chi connectivity index (χ1v) is 9.53. The van der Waals surface area contributed by atoms with Gasteiger partial charge in [-0.05, 0) is 37.6 Å². The van der Waals surface area contributed by atoms with Crippen molar-refractivity contribution < 1.29 is 4.39 Å². The van der Waals surface area contributed by atoms with Gasteiger partial charge < -0.3 is 0 Å². The molecule has 5 rings (SSSR count). The number of halogens is 1. The van der Waals surface area contributed by atoms with Gasteiger partial charge in [0.15, 0.2) is 11.3 Å².